The molecule has 1 aliphatic carbocycles. The number of terminal acetylenes is 1. The molecule has 1 aliphatic heterocycles. The van der Waals surface area contributed by atoms with Crippen LogP contribution in [-0.4, -0.2) is 40.8 Å². The molecule has 5 rings (SSSR count). The van der Waals surface area contributed by atoms with Gasteiger partial charge < -0.3 is 10.6 Å². The van der Waals surface area contributed by atoms with Crippen LogP contribution in [0.15, 0.2) is 65.8 Å². The smallest absolute Gasteiger partial charge is 0.251 e. The fourth-order valence-electron chi connectivity index (χ4n) is 4.20. The third-order valence-electron chi connectivity index (χ3n) is 6.40. The maximum atomic E-state index is 14.9. The largest absolute Gasteiger partial charge is 0.349 e. The van der Waals surface area contributed by atoms with E-state index in [1.165, 1.54) is 6.07 Å². The minimum atomic E-state index is -0.254. The lowest BCUT2D eigenvalue weighted by Gasteiger charge is -2.36. The van der Waals surface area contributed by atoms with Crippen LogP contribution in [0.25, 0.3) is 11.1 Å². The number of rotatable bonds is 7. The number of anilines is 1. The lowest BCUT2D eigenvalue weighted by molar-refractivity contribution is 0.0951. The number of hydrogen-bond acceptors (Lipinski definition) is 4. The number of carbonyl (C=O) groups is 1. The number of likely N-dealkylation sites (tertiary alicyclic amines) is 1. The summed E-state index contributed by atoms with van der Waals surface area (Å²) in [6.07, 6.45) is 9.22. The average Bonchev–Trinajstić information content (AvgIpc) is 3.66. The highest BCUT2D eigenvalue weighted by atomic mass is 19.1. The highest BCUT2D eigenvalue weighted by Gasteiger charge is 2.25. The first-order valence-corrected chi connectivity index (χ1v) is 12.1. The van der Waals surface area contributed by atoms with Crippen LogP contribution in [0.4, 0.5) is 15.9 Å². The van der Waals surface area contributed by atoms with Gasteiger partial charge >= 0.3 is 0 Å². The van der Waals surface area contributed by atoms with Gasteiger partial charge in [-0.2, -0.15) is 0 Å². The van der Waals surface area contributed by atoms with E-state index in [1.54, 1.807) is 18.3 Å². The van der Waals surface area contributed by atoms with Crippen molar-refractivity contribution in [3.8, 4) is 23.5 Å². The van der Waals surface area contributed by atoms with Crippen LogP contribution in [0.1, 0.15) is 35.7 Å². The van der Waals surface area contributed by atoms with Gasteiger partial charge in [-0.25, -0.2) is 14.4 Å². The van der Waals surface area contributed by atoms with E-state index in [9.17, 15) is 9.18 Å². The summed E-state index contributed by atoms with van der Waals surface area (Å²) in [7, 11) is 0. The summed E-state index contributed by atoms with van der Waals surface area (Å²) in [5, 5.41) is 6.22. The summed E-state index contributed by atoms with van der Waals surface area (Å²) in [5.74, 6) is 3.83. The van der Waals surface area contributed by atoms with Gasteiger partial charge in [-0.3, -0.25) is 9.69 Å². The third kappa shape index (κ3) is 5.61. The molecule has 182 valence electrons. The van der Waals surface area contributed by atoms with Crippen LogP contribution in [0.3, 0.4) is 0 Å². The molecule has 2 aliphatic rings. The quantitative estimate of drug-likeness (QED) is 0.283. The van der Waals surface area contributed by atoms with E-state index in [-0.39, 0.29) is 17.6 Å². The highest BCUT2D eigenvalue weighted by molar-refractivity contribution is 5.98. The Balaban J connectivity index is 1.28. The number of aromatic nitrogens is 1. The van der Waals surface area contributed by atoms with Crippen molar-refractivity contribution in [3.05, 3.63) is 77.7 Å². The van der Waals surface area contributed by atoms with E-state index in [2.05, 4.69) is 31.4 Å². The molecule has 0 radical (unpaired) electrons. The number of amidine groups is 1. The van der Waals surface area contributed by atoms with Crippen molar-refractivity contribution in [2.45, 2.75) is 32.4 Å². The zero-order valence-electron chi connectivity index (χ0n) is 20.2. The van der Waals surface area contributed by atoms with E-state index in [0.717, 1.165) is 37.2 Å². The van der Waals surface area contributed by atoms with Crippen molar-refractivity contribution in [3.63, 3.8) is 0 Å². The van der Waals surface area contributed by atoms with Crippen LogP contribution in [-0.2, 0) is 6.54 Å². The lowest BCUT2D eigenvalue weighted by atomic mass is 9.99. The zero-order valence-corrected chi connectivity index (χ0v) is 20.2. The number of nitrogens with zero attached hydrogens (tertiary/aromatic N) is 3. The predicted molar refractivity (Wildman–Crippen MR) is 141 cm³/mol. The van der Waals surface area contributed by atoms with Gasteiger partial charge in [0.15, 0.2) is 5.82 Å². The number of amides is 1. The number of hydrogen-bond donors (Lipinski definition) is 2. The van der Waals surface area contributed by atoms with Gasteiger partial charge in [0.1, 0.15) is 11.7 Å². The maximum absolute atomic E-state index is 14.9. The van der Waals surface area contributed by atoms with Gasteiger partial charge in [0, 0.05) is 60.2 Å². The highest BCUT2D eigenvalue weighted by Crippen LogP contribution is 2.30. The Morgan fingerprint density at radius 2 is 1.97 bits per heavy atom. The van der Waals surface area contributed by atoms with E-state index in [1.807, 2.05) is 43.3 Å². The number of aliphatic imine (C=N–C) groups is 1. The normalized spacial score (nSPS) is 16.2. The van der Waals surface area contributed by atoms with Crippen LogP contribution in [0.5, 0.6) is 0 Å². The number of halogens is 1. The fraction of sp³-hybridized carbons (Fsp3) is 0.276. The molecular weight excluding hydrogens is 453 g/mol. The first-order chi connectivity index (χ1) is 17.5. The maximum Gasteiger partial charge on any atom is 0.251 e. The molecule has 2 N–H and O–H groups in total. The third-order valence-corrected chi connectivity index (χ3v) is 6.40. The van der Waals surface area contributed by atoms with Gasteiger partial charge in [0.05, 0.1) is 0 Å². The monoisotopic (exact) mass is 481 g/mol. The first kappa shape index (κ1) is 23.7. The molecule has 0 unspecified atom stereocenters. The minimum Gasteiger partial charge on any atom is -0.349 e. The number of carbonyl (C=O) groups excluding carboxylic acids is 1. The van der Waals surface area contributed by atoms with E-state index in [4.69, 9.17) is 6.42 Å². The number of nitrogens with one attached hydrogen (secondary N) is 2. The molecule has 2 heterocycles. The van der Waals surface area contributed by atoms with Gasteiger partial charge in [-0.1, -0.05) is 12.1 Å². The first-order valence-electron chi connectivity index (χ1n) is 12.1. The molecule has 3 aromatic rings. The Morgan fingerprint density at radius 3 is 2.67 bits per heavy atom. The number of pyridine rings is 1. The molecule has 36 heavy (non-hydrogen) atoms. The zero-order chi connectivity index (χ0) is 25.1. The molecule has 1 amide bonds. The van der Waals surface area contributed by atoms with Gasteiger partial charge in [0.25, 0.3) is 5.91 Å². The summed E-state index contributed by atoms with van der Waals surface area (Å²) in [6, 6.07) is 16.6. The van der Waals surface area contributed by atoms with E-state index >= 15 is 0 Å². The Morgan fingerprint density at radius 1 is 1.19 bits per heavy atom. The fourth-order valence-corrected chi connectivity index (χ4v) is 4.20. The average molecular weight is 482 g/mol. The molecule has 1 saturated carbocycles. The summed E-state index contributed by atoms with van der Waals surface area (Å²) in [5.41, 5.74) is 3.55. The van der Waals surface area contributed by atoms with Gasteiger partial charge in [-0.05, 0) is 67.8 Å². The SMILES string of the molecule is C#CC1CN(Cc2ccc(-c3cccnc3N=C(C)Nc3ccc(C(=O)NC4CC4)cc3)cc2F)C1. The van der Waals surface area contributed by atoms with Crippen LogP contribution >= 0.6 is 0 Å². The Labute approximate surface area is 210 Å². The summed E-state index contributed by atoms with van der Waals surface area (Å²) in [6.45, 7) is 4.00. The molecule has 1 saturated heterocycles. The number of benzene rings is 2. The van der Waals surface area contributed by atoms with Crippen LogP contribution < -0.4 is 10.6 Å². The Hall–Kier alpha value is -4.02. The predicted octanol–water partition coefficient (Wildman–Crippen LogP) is 5.01. The second-order valence-electron chi connectivity index (χ2n) is 9.39. The standard InChI is InChI=1S/C29H28FN5O/c1-3-20-16-35(17-20)18-23-7-6-22(15-27(23)30)26-5-4-14-31-28(26)33-19(2)32-24-10-8-21(9-11-24)29(36)34-25-12-13-25/h1,4-11,14-15,20,25H,12-13,16-18H2,2H3,(H,34,36)(H,31,32,33). The molecule has 2 aromatic carbocycles. The summed E-state index contributed by atoms with van der Waals surface area (Å²) < 4.78 is 14.9. The molecular formula is C29H28FN5O. The lowest BCUT2D eigenvalue weighted by Crippen LogP contribution is -2.45. The van der Waals surface area contributed by atoms with Crippen molar-refractivity contribution in [1.82, 2.24) is 15.2 Å². The molecule has 2 fully saturated rings. The van der Waals surface area contributed by atoms with Gasteiger partial charge in [-0.15, -0.1) is 12.3 Å². The Bertz CT molecular complexity index is 1330. The van der Waals surface area contributed by atoms with Crippen LogP contribution in [0.2, 0.25) is 0 Å². The molecule has 0 atom stereocenters. The van der Waals surface area contributed by atoms with Crippen molar-refractivity contribution < 1.29 is 9.18 Å². The Kier molecular flexibility index (Phi) is 6.79. The van der Waals surface area contributed by atoms with E-state index in [0.29, 0.717) is 40.9 Å². The van der Waals surface area contributed by atoms with Crippen molar-refractivity contribution in [2.75, 3.05) is 18.4 Å². The molecule has 0 bridgehead atoms. The second kappa shape index (κ2) is 10.3. The molecule has 7 heteroatoms. The molecule has 0 spiro atoms. The molecule has 1 aromatic heterocycles. The second-order valence-corrected chi connectivity index (χ2v) is 9.39. The van der Waals surface area contributed by atoms with Crippen molar-refractivity contribution >= 4 is 23.2 Å². The van der Waals surface area contributed by atoms with Gasteiger partial charge in [0.2, 0.25) is 0 Å². The topological polar surface area (TPSA) is 69.6 Å². The summed E-state index contributed by atoms with van der Waals surface area (Å²) in [4.78, 5) is 23.4. The van der Waals surface area contributed by atoms with Crippen molar-refractivity contribution in [1.29, 1.82) is 0 Å². The van der Waals surface area contributed by atoms with Crippen molar-refractivity contribution in [2.24, 2.45) is 10.9 Å². The van der Waals surface area contributed by atoms with Crippen LogP contribution in [0, 0.1) is 24.1 Å². The molecule has 6 nitrogen and oxygen atoms in total. The minimum absolute atomic E-state index is 0.0487. The summed E-state index contributed by atoms with van der Waals surface area (Å²) >= 11 is 0. The van der Waals surface area contributed by atoms with E-state index < -0.39 is 0 Å².